The topological polar surface area (TPSA) is 65.8 Å². The third-order valence-electron chi connectivity index (χ3n) is 1.50. The van der Waals surface area contributed by atoms with E-state index in [2.05, 4.69) is 10.0 Å². The van der Waals surface area contributed by atoms with Gasteiger partial charge in [-0.15, -0.1) is 0 Å². The molecule has 0 N–H and O–H groups in total. The molecule has 4 nitrogen and oxygen atoms in total. The van der Waals surface area contributed by atoms with Crippen molar-refractivity contribution < 1.29 is 4.21 Å². The lowest BCUT2D eigenvalue weighted by molar-refractivity contribution is 0.682. The third-order valence-corrected chi connectivity index (χ3v) is 3.07. The summed E-state index contributed by atoms with van der Waals surface area (Å²) < 4.78 is 11.5. The number of hydrogen-bond acceptors (Lipinski definition) is 2. The van der Waals surface area contributed by atoms with Crippen LogP contribution in [-0.4, -0.2) is 16.5 Å². The quantitative estimate of drug-likeness (QED) is 0.445. The van der Waals surface area contributed by atoms with Gasteiger partial charge in [-0.3, -0.25) is 4.21 Å². The van der Waals surface area contributed by atoms with Crippen LogP contribution in [0.2, 0.25) is 5.02 Å². The summed E-state index contributed by atoms with van der Waals surface area (Å²) in [7, 11) is -1.14. The highest BCUT2D eigenvalue weighted by molar-refractivity contribution is 7.85. The first kappa shape index (κ1) is 11.0. The van der Waals surface area contributed by atoms with E-state index >= 15 is 0 Å². The van der Waals surface area contributed by atoms with E-state index in [4.69, 9.17) is 17.1 Å². The fourth-order valence-corrected chi connectivity index (χ4v) is 2.12. The fourth-order valence-electron chi connectivity index (χ4n) is 0.895. The monoisotopic (exact) mass is 229 g/mol. The molecule has 6 heteroatoms. The van der Waals surface area contributed by atoms with Gasteiger partial charge in [-0.05, 0) is 23.7 Å². The Labute approximate surface area is 89.0 Å². The van der Waals surface area contributed by atoms with E-state index in [1.54, 1.807) is 24.3 Å². The van der Waals surface area contributed by atoms with E-state index in [0.717, 1.165) is 0 Å². The third kappa shape index (κ3) is 3.38. The van der Waals surface area contributed by atoms with Crippen molar-refractivity contribution in [3.63, 3.8) is 0 Å². The van der Waals surface area contributed by atoms with Crippen LogP contribution < -0.4 is 0 Å². The molecule has 0 saturated heterocycles. The molecule has 1 rings (SSSR count). The number of benzene rings is 1. The first-order valence-corrected chi connectivity index (χ1v) is 5.58. The van der Waals surface area contributed by atoms with Gasteiger partial charge in [-0.1, -0.05) is 22.8 Å². The zero-order chi connectivity index (χ0) is 10.4. The molecule has 1 unspecified atom stereocenters. The smallest absolute Gasteiger partial charge is 0.0531 e. The van der Waals surface area contributed by atoms with Gasteiger partial charge in [0.2, 0.25) is 0 Å². The van der Waals surface area contributed by atoms with Crippen LogP contribution in [0.4, 0.5) is 0 Å². The molecule has 0 aliphatic carbocycles. The van der Waals surface area contributed by atoms with Gasteiger partial charge >= 0.3 is 0 Å². The molecule has 0 spiro atoms. The van der Waals surface area contributed by atoms with Crippen molar-refractivity contribution in [3.05, 3.63) is 39.7 Å². The highest BCUT2D eigenvalue weighted by atomic mass is 35.5. The Balaban J connectivity index is 2.65. The molecule has 0 fully saturated rings. The fraction of sp³-hybridized carbons (Fsp3) is 0.250. The summed E-state index contributed by atoms with van der Waals surface area (Å²) in [4.78, 5) is 3.24. The Kier molecular flexibility index (Phi) is 4.46. The van der Waals surface area contributed by atoms with E-state index in [-0.39, 0.29) is 6.54 Å². The van der Waals surface area contributed by atoms with Gasteiger partial charge in [0.1, 0.15) is 0 Å². The first-order chi connectivity index (χ1) is 6.74. The average Bonchev–Trinajstić information content (AvgIpc) is 2.18. The van der Waals surface area contributed by atoms with E-state index < -0.39 is 10.8 Å². The standard InChI is InChI=1S/C8H8ClN3OS/c9-7-2-1-3-8(6-7)14(13)5-4-11-12-10/h1-3,6H,4-5H2. The molecule has 0 radical (unpaired) electrons. The van der Waals surface area contributed by atoms with Crippen LogP contribution in [0.25, 0.3) is 10.4 Å². The Morgan fingerprint density at radius 1 is 1.57 bits per heavy atom. The van der Waals surface area contributed by atoms with Gasteiger partial charge in [-0.2, -0.15) is 0 Å². The molecule has 0 heterocycles. The lowest BCUT2D eigenvalue weighted by Crippen LogP contribution is -2.00. The van der Waals surface area contributed by atoms with Gasteiger partial charge < -0.3 is 0 Å². The Hall–Kier alpha value is -1.03. The molecular formula is C8H8ClN3OS. The molecule has 14 heavy (non-hydrogen) atoms. The van der Waals surface area contributed by atoms with E-state index in [0.29, 0.717) is 15.7 Å². The molecule has 0 aliphatic heterocycles. The maximum absolute atomic E-state index is 11.5. The van der Waals surface area contributed by atoms with Crippen LogP contribution in [0.1, 0.15) is 0 Å². The number of azide groups is 1. The molecular weight excluding hydrogens is 222 g/mol. The van der Waals surface area contributed by atoms with Gasteiger partial charge in [-0.25, -0.2) is 0 Å². The summed E-state index contributed by atoms with van der Waals surface area (Å²) in [6.45, 7) is 0.232. The van der Waals surface area contributed by atoms with E-state index in [1.807, 2.05) is 0 Å². The summed E-state index contributed by atoms with van der Waals surface area (Å²) in [6, 6.07) is 6.84. The maximum atomic E-state index is 11.5. The zero-order valence-electron chi connectivity index (χ0n) is 7.26. The van der Waals surface area contributed by atoms with Crippen molar-refractivity contribution >= 4 is 22.4 Å². The largest absolute Gasteiger partial charge is 0.254 e. The predicted molar refractivity (Wildman–Crippen MR) is 56.7 cm³/mol. The molecule has 0 bridgehead atoms. The Morgan fingerprint density at radius 3 is 3.00 bits per heavy atom. The van der Waals surface area contributed by atoms with E-state index in [9.17, 15) is 4.21 Å². The zero-order valence-corrected chi connectivity index (χ0v) is 8.83. The van der Waals surface area contributed by atoms with Crippen LogP contribution >= 0.6 is 11.6 Å². The molecule has 0 aliphatic rings. The van der Waals surface area contributed by atoms with Crippen molar-refractivity contribution in [2.24, 2.45) is 5.11 Å². The van der Waals surface area contributed by atoms with E-state index in [1.165, 1.54) is 0 Å². The summed E-state index contributed by atoms with van der Waals surface area (Å²) in [5, 5.41) is 3.87. The number of nitrogens with zero attached hydrogens (tertiary/aromatic N) is 3. The molecule has 1 atom stereocenters. The Morgan fingerprint density at radius 2 is 2.36 bits per heavy atom. The molecule has 1 aromatic carbocycles. The first-order valence-electron chi connectivity index (χ1n) is 3.89. The van der Waals surface area contributed by atoms with Crippen LogP contribution in [0.5, 0.6) is 0 Å². The molecule has 0 amide bonds. The molecule has 0 saturated carbocycles. The maximum Gasteiger partial charge on any atom is 0.0531 e. The number of rotatable bonds is 4. The van der Waals surface area contributed by atoms with Crippen molar-refractivity contribution in [1.29, 1.82) is 0 Å². The second-order valence-electron chi connectivity index (χ2n) is 2.46. The van der Waals surface area contributed by atoms with Crippen LogP contribution in [0, 0.1) is 0 Å². The highest BCUT2D eigenvalue weighted by Gasteiger charge is 2.02. The summed E-state index contributed by atoms with van der Waals surface area (Å²) in [6.07, 6.45) is 0. The van der Waals surface area contributed by atoms with Gasteiger partial charge in [0.25, 0.3) is 0 Å². The molecule has 74 valence electrons. The average molecular weight is 230 g/mol. The van der Waals surface area contributed by atoms with Crippen LogP contribution in [0.15, 0.2) is 34.3 Å². The van der Waals surface area contributed by atoms with Crippen molar-refractivity contribution in [2.75, 3.05) is 12.3 Å². The second kappa shape index (κ2) is 5.65. The normalized spacial score (nSPS) is 11.8. The Bertz CT molecular complexity index is 390. The second-order valence-corrected chi connectivity index (χ2v) is 4.47. The van der Waals surface area contributed by atoms with Crippen LogP contribution in [-0.2, 0) is 10.8 Å². The SMILES string of the molecule is [N-]=[N+]=NCCS(=O)c1cccc(Cl)c1. The predicted octanol–water partition coefficient (Wildman–Crippen LogP) is 2.76. The minimum atomic E-state index is -1.14. The number of halogens is 1. The minimum Gasteiger partial charge on any atom is -0.254 e. The summed E-state index contributed by atoms with van der Waals surface area (Å²) in [5.41, 5.74) is 8.03. The number of hydrogen-bond donors (Lipinski definition) is 0. The lowest BCUT2D eigenvalue weighted by Gasteiger charge is -1.99. The van der Waals surface area contributed by atoms with Gasteiger partial charge in [0.05, 0.1) is 10.8 Å². The van der Waals surface area contributed by atoms with Crippen molar-refractivity contribution in [3.8, 4) is 0 Å². The molecule has 0 aromatic heterocycles. The summed E-state index contributed by atoms with van der Waals surface area (Å²) in [5.74, 6) is 0.324. The van der Waals surface area contributed by atoms with Gasteiger partial charge in [0.15, 0.2) is 0 Å². The highest BCUT2D eigenvalue weighted by Crippen LogP contribution is 2.13. The minimum absolute atomic E-state index is 0.232. The van der Waals surface area contributed by atoms with Gasteiger partial charge in [0, 0.05) is 27.1 Å². The molecule has 1 aromatic rings. The van der Waals surface area contributed by atoms with Crippen molar-refractivity contribution in [1.82, 2.24) is 0 Å². The lowest BCUT2D eigenvalue weighted by atomic mass is 10.4. The van der Waals surface area contributed by atoms with Crippen molar-refractivity contribution in [2.45, 2.75) is 4.90 Å². The van der Waals surface area contributed by atoms with Crippen LogP contribution in [0.3, 0.4) is 0 Å². The summed E-state index contributed by atoms with van der Waals surface area (Å²) >= 11 is 5.73.